The van der Waals surface area contributed by atoms with Crippen LogP contribution in [-0.2, 0) is 6.54 Å². The van der Waals surface area contributed by atoms with Gasteiger partial charge in [-0.2, -0.15) is 0 Å². The molecule has 1 aliphatic rings. The number of nitrogens with one attached hydrogen (secondary N) is 1. The normalized spacial score (nSPS) is 15.6. The summed E-state index contributed by atoms with van der Waals surface area (Å²) in [7, 11) is 0. The molecule has 1 aromatic heterocycles. The van der Waals surface area contributed by atoms with E-state index in [4.69, 9.17) is 17.3 Å². The van der Waals surface area contributed by atoms with E-state index in [1.807, 2.05) is 36.5 Å². The predicted molar refractivity (Wildman–Crippen MR) is 119 cm³/mol. The molecule has 5 nitrogen and oxygen atoms in total. The molecular weight excluding hydrogens is 455 g/mol. The zero-order valence-corrected chi connectivity index (χ0v) is 17.7. The number of nitrogens with zero attached hydrogens (tertiary/aromatic N) is 1. The molecule has 2 heterocycles. The van der Waals surface area contributed by atoms with Crippen LogP contribution in [0.4, 0.5) is 18.0 Å². The second-order valence-corrected chi connectivity index (χ2v) is 8.22. The highest BCUT2D eigenvalue weighted by atomic mass is 35.5. The average molecular weight is 472 g/mol. The third-order valence-electron chi connectivity index (χ3n) is 5.76. The number of primary amides is 1. The van der Waals surface area contributed by atoms with Gasteiger partial charge < -0.3 is 20.4 Å². The number of carbonyl (C=O) groups is 1. The number of carbonyl (C=O) groups excluding carboxylic acids is 1. The summed E-state index contributed by atoms with van der Waals surface area (Å²) in [6.07, 6.45) is -2.89. The molecule has 0 spiro atoms. The fraction of sp³-hybridized carbons (Fsp3) is 0.125. The van der Waals surface area contributed by atoms with Crippen molar-refractivity contribution < 1.29 is 22.7 Å². The third-order valence-corrected chi connectivity index (χ3v) is 6.00. The predicted octanol–water partition coefficient (Wildman–Crippen LogP) is 6.37. The summed E-state index contributed by atoms with van der Waals surface area (Å²) in [5.74, 6) is -0.287. The van der Waals surface area contributed by atoms with Crippen LogP contribution in [0, 0.1) is 0 Å². The summed E-state index contributed by atoms with van der Waals surface area (Å²) in [5.41, 5.74) is 10.8. The second-order valence-electron chi connectivity index (χ2n) is 7.79. The molecule has 5 rings (SSSR count). The van der Waals surface area contributed by atoms with Crippen molar-refractivity contribution in [3.8, 4) is 16.9 Å². The number of aromatic nitrogens is 1. The number of fused-ring (bicyclic) bond motifs is 2. The minimum absolute atomic E-state index is 0.287. The van der Waals surface area contributed by atoms with Gasteiger partial charge in [0, 0.05) is 34.2 Å². The van der Waals surface area contributed by atoms with Crippen LogP contribution in [0.5, 0.6) is 5.75 Å². The van der Waals surface area contributed by atoms with Gasteiger partial charge in [0.1, 0.15) is 5.75 Å². The van der Waals surface area contributed by atoms with E-state index < -0.39 is 12.4 Å². The van der Waals surface area contributed by atoms with Crippen molar-refractivity contribution in [2.24, 2.45) is 5.73 Å². The Morgan fingerprint density at radius 1 is 1.03 bits per heavy atom. The maximum absolute atomic E-state index is 12.4. The molecule has 3 N–H and O–H groups in total. The van der Waals surface area contributed by atoms with Gasteiger partial charge in [-0.05, 0) is 58.7 Å². The number of H-pyrrole nitrogens is 1. The van der Waals surface area contributed by atoms with Crippen molar-refractivity contribution in [2.75, 3.05) is 0 Å². The summed E-state index contributed by atoms with van der Waals surface area (Å²) in [4.78, 5) is 17.1. The number of benzene rings is 3. The first-order valence-corrected chi connectivity index (χ1v) is 10.4. The molecule has 0 aliphatic carbocycles. The Morgan fingerprint density at radius 2 is 1.76 bits per heavy atom. The largest absolute Gasteiger partial charge is 0.573 e. The molecule has 0 saturated carbocycles. The molecule has 3 aromatic carbocycles. The maximum atomic E-state index is 12.4. The molecule has 2 amide bonds. The summed E-state index contributed by atoms with van der Waals surface area (Å²) >= 11 is 6.20. The maximum Gasteiger partial charge on any atom is 0.573 e. The first-order chi connectivity index (χ1) is 15.7. The molecule has 4 aromatic rings. The van der Waals surface area contributed by atoms with E-state index in [1.165, 1.54) is 12.1 Å². The number of amides is 2. The Labute approximate surface area is 191 Å². The molecule has 9 heteroatoms. The number of hydrogen-bond donors (Lipinski definition) is 2. The molecule has 0 saturated heterocycles. The fourth-order valence-corrected chi connectivity index (χ4v) is 4.53. The van der Waals surface area contributed by atoms with Gasteiger partial charge in [0.25, 0.3) is 0 Å². The number of urea groups is 1. The van der Waals surface area contributed by atoms with Gasteiger partial charge in [-0.25, -0.2) is 4.79 Å². The molecule has 1 unspecified atom stereocenters. The van der Waals surface area contributed by atoms with Crippen molar-refractivity contribution >= 4 is 28.5 Å². The topological polar surface area (TPSA) is 71.3 Å². The van der Waals surface area contributed by atoms with Gasteiger partial charge >= 0.3 is 12.4 Å². The molecule has 33 heavy (non-hydrogen) atoms. The molecule has 1 aliphatic heterocycles. The summed E-state index contributed by atoms with van der Waals surface area (Å²) in [6.45, 7) is 0.311. The number of halogens is 4. The molecule has 168 valence electrons. The average Bonchev–Trinajstić information content (AvgIpc) is 3.33. The van der Waals surface area contributed by atoms with Crippen LogP contribution in [-0.4, -0.2) is 22.3 Å². The lowest BCUT2D eigenvalue weighted by Gasteiger charge is -2.23. The quantitative estimate of drug-likeness (QED) is 0.364. The third kappa shape index (κ3) is 3.98. The van der Waals surface area contributed by atoms with Crippen LogP contribution < -0.4 is 10.5 Å². The molecule has 0 radical (unpaired) electrons. The van der Waals surface area contributed by atoms with E-state index in [-0.39, 0.29) is 11.8 Å². The number of hydrogen-bond acceptors (Lipinski definition) is 2. The van der Waals surface area contributed by atoms with Crippen molar-refractivity contribution in [1.29, 1.82) is 0 Å². The number of alkyl halides is 3. The minimum atomic E-state index is -4.74. The molecule has 0 bridgehead atoms. The van der Waals surface area contributed by atoms with Gasteiger partial charge in [0.05, 0.1) is 6.04 Å². The Balaban J connectivity index is 1.53. The van der Waals surface area contributed by atoms with Crippen molar-refractivity contribution in [3.05, 3.63) is 88.6 Å². The zero-order valence-electron chi connectivity index (χ0n) is 17.0. The van der Waals surface area contributed by atoms with Gasteiger partial charge in [-0.15, -0.1) is 13.2 Å². The second kappa shape index (κ2) is 7.74. The van der Waals surface area contributed by atoms with Crippen LogP contribution in [0.3, 0.4) is 0 Å². The van der Waals surface area contributed by atoms with E-state index in [2.05, 4.69) is 9.72 Å². The first kappa shape index (κ1) is 21.2. The van der Waals surface area contributed by atoms with E-state index in [9.17, 15) is 18.0 Å². The standard InChI is InChI=1S/C24H17ClF3N3O2/c25-16-4-8-21-19(10-16)20(11-30-21)22-18-7-3-14(9-15(18)12-31(22)23(29)32)13-1-5-17(6-2-13)33-24(26,27)28/h1-11,22,30H,12H2,(H2,29,32). The zero-order chi connectivity index (χ0) is 23.3. The van der Waals surface area contributed by atoms with Crippen molar-refractivity contribution in [3.63, 3.8) is 0 Å². The first-order valence-electron chi connectivity index (χ1n) is 10.0. The number of ether oxygens (including phenoxy) is 1. The minimum Gasteiger partial charge on any atom is -0.406 e. The lowest BCUT2D eigenvalue weighted by Crippen LogP contribution is -2.34. The number of rotatable bonds is 3. The Kier molecular flexibility index (Phi) is 4.97. The van der Waals surface area contributed by atoms with Gasteiger partial charge in [-0.1, -0.05) is 35.9 Å². The van der Waals surface area contributed by atoms with E-state index in [0.29, 0.717) is 11.6 Å². The van der Waals surface area contributed by atoms with Crippen LogP contribution >= 0.6 is 11.6 Å². The van der Waals surface area contributed by atoms with Crippen LogP contribution in [0.25, 0.3) is 22.0 Å². The molecular formula is C24H17ClF3N3O2. The van der Waals surface area contributed by atoms with Crippen molar-refractivity contribution in [1.82, 2.24) is 9.88 Å². The van der Waals surface area contributed by atoms with Gasteiger partial charge in [0.15, 0.2) is 0 Å². The monoisotopic (exact) mass is 471 g/mol. The fourth-order valence-electron chi connectivity index (χ4n) is 4.36. The lowest BCUT2D eigenvalue weighted by atomic mass is 9.94. The number of nitrogens with two attached hydrogens (primary N) is 1. The molecule has 1 atom stereocenters. The summed E-state index contributed by atoms with van der Waals surface area (Å²) in [6, 6.07) is 15.9. The van der Waals surface area contributed by atoms with E-state index in [1.54, 1.807) is 23.1 Å². The van der Waals surface area contributed by atoms with Crippen LogP contribution in [0.2, 0.25) is 5.02 Å². The van der Waals surface area contributed by atoms with Crippen LogP contribution in [0.1, 0.15) is 22.7 Å². The Hall–Kier alpha value is -3.65. The van der Waals surface area contributed by atoms with Gasteiger partial charge in [0.2, 0.25) is 0 Å². The highest BCUT2D eigenvalue weighted by Gasteiger charge is 2.35. The lowest BCUT2D eigenvalue weighted by molar-refractivity contribution is -0.274. The van der Waals surface area contributed by atoms with E-state index >= 15 is 0 Å². The Bertz CT molecular complexity index is 1370. The summed E-state index contributed by atoms with van der Waals surface area (Å²) < 4.78 is 41.2. The van der Waals surface area contributed by atoms with E-state index in [0.717, 1.165) is 38.7 Å². The highest BCUT2D eigenvalue weighted by Crippen LogP contribution is 2.42. The van der Waals surface area contributed by atoms with Crippen molar-refractivity contribution in [2.45, 2.75) is 18.9 Å². The summed E-state index contributed by atoms with van der Waals surface area (Å²) in [5, 5.41) is 1.48. The number of aromatic amines is 1. The van der Waals surface area contributed by atoms with Gasteiger partial charge in [-0.3, -0.25) is 0 Å². The smallest absolute Gasteiger partial charge is 0.406 e. The molecule has 0 fully saturated rings. The SMILES string of the molecule is NC(=O)N1Cc2cc(-c3ccc(OC(F)(F)F)cc3)ccc2C1c1c[nH]c2ccc(Cl)cc12. The Morgan fingerprint density at radius 3 is 2.45 bits per heavy atom. The highest BCUT2D eigenvalue weighted by molar-refractivity contribution is 6.31. The van der Waals surface area contributed by atoms with Crippen LogP contribution in [0.15, 0.2) is 66.9 Å².